The summed E-state index contributed by atoms with van der Waals surface area (Å²) in [6.07, 6.45) is -3.27. The van der Waals surface area contributed by atoms with E-state index in [1.807, 2.05) is 0 Å². The third kappa shape index (κ3) is 3.65. The minimum Gasteiger partial charge on any atom is -0.507 e. The molecule has 1 fully saturated rings. The van der Waals surface area contributed by atoms with Gasteiger partial charge in [0.25, 0.3) is 11.7 Å². The Morgan fingerprint density at radius 2 is 1.66 bits per heavy atom. The Kier molecular flexibility index (Phi) is 5.20. The van der Waals surface area contributed by atoms with E-state index in [0.29, 0.717) is 17.0 Å². The molecule has 2 N–H and O–H groups in total. The highest BCUT2D eigenvalue weighted by molar-refractivity contribution is 6.51. The predicted molar refractivity (Wildman–Crippen MR) is 121 cm³/mol. The van der Waals surface area contributed by atoms with Crippen LogP contribution in [0, 0.1) is 5.82 Å². The van der Waals surface area contributed by atoms with Gasteiger partial charge in [0.1, 0.15) is 11.6 Å². The van der Waals surface area contributed by atoms with Crippen molar-refractivity contribution >= 4 is 34.0 Å². The zero-order chi connectivity index (χ0) is 24.9. The number of nitrogens with one attached hydrogen (secondary N) is 1. The van der Waals surface area contributed by atoms with Crippen LogP contribution >= 0.6 is 0 Å². The number of aliphatic hydroxyl groups excluding tert-OH is 1. The van der Waals surface area contributed by atoms with Crippen LogP contribution in [0.3, 0.4) is 0 Å². The lowest BCUT2D eigenvalue weighted by atomic mass is 9.94. The number of Topliss-reactive ketones (excluding diaryl/α,β-unsaturated/α-hetero) is 1. The molecule has 1 unspecified atom stereocenters. The second-order valence-electron chi connectivity index (χ2n) is 7.99. The smallest absolute Gasteiger partial charge is 0.416 e. The number of amides is 1. The Labute approximate surface area is 195 Å². The molecule has 1 atom stereocenters. The summed E-state index contributed by atoms with van der Waals surface area (Å²) in [5.41, 5.74) is -1.03. The lowest BCUT2D eigenvalue weighted by Gasteiger charge is -2.26. The maximum absolute atomic E-state index is 14.9. The second kappa shape index (κ2) is 8.12. The number of hydrogen-bond donors (Lipinski definition) is 2. The van der Waals surface area contributed by atoms with Crippen molar-refractivity contribution in [1.82, 2.24) is 4.98 Å². The molecule has 0 radical (unpaired) electrons. The molecule has 1 saturated heterocycles. The molecule has 1 aliphatic rings. The molecule has 0 bridgehead atoms. The van der Waals surface area contributed by atoms with Gasteiger partial charge in [-0.25, -0.2) is 4.39 Å². The van der Waals surface area contributed by atoms with Gasteiger partial charge in [0.2, 0.25) is 0 Å². The average Bonchev–Trinajstić information content (AvgIpc) is 3.38. The third-order valence-electron chi connectivity index (χ3n) is 5.94. The molecule has 3 aromatic carbocycles. The van der Waals surface area contributed by atoms with Crippen molar-refractivity contribution in [3.63, 3.8) is 0 Å². The maximum atomic E-state index is 14.9. The van der Waals surface area contributed by atoms with Gasteiger partial charge in [-0.05, 0) is 30.3 Å². The maximum Gasteiger partial charge on any atom is 0.416 e. The number of rotatable bonds is 3. The van der Waals surface area contributed by atoms with Crippen molar-refractivity contribution < 1.29 is 32.3 Å². The SMILES string of the molecule is O=C1C(=O)N(c2cccc(C(F)(F)F)c2)C(c2ccccc2F)/C1=C(\O)c1c[nH]c2ccccc12. The highest BCUT2D eigenvalue weighted by Gasteiger charge is 2.48. The number of H-pyrrole nitrogens is 1. The molecule has 35 heavy (non-hydrogen) atoms. The van der Waals surface area contributed by atoms with Crippen molar-refractivity contribution in [2.45, 2.75) is 12.2 Å². The summed E-state index contributed by atoms with van der Waals surface area (Å²) in [7, 11) is 0. The molecule has 2 heterocycles. The molecular weight excluding hydrogens is 464 g/mol. The molecule has 5 rings (SSSR count). The first-order valence-electron chi connectivity index (χ1n) is 10.5. The Bertz CT molecular complexity index is 1520. The van der Waals surface area contributed by atoms with E-state index in [1.165, 1.54) is 30.5 Å². The molecule has 0 spiro atoms. The number of alkyl halides is 3. The number of hydrogen-bond acceptors (Lipinski definition) is 3. The van der Waals surface area contributed by atoms with Crippen molar-refractivity contribution in [1.29, 1.82) is 0 Å². The van der Waals surface area contributed by atoms with Gasteiger partial charge in [-0.3, -0.25) is 14.5 Å². The number of aliphatic hydroxyl groups is 1. The average molecular weight is 480 g/mol. The van der Waals surface area contributed by atoms with Crippen LogP contribution in [0.2, 0.25) is 0 Å². The first-order valence-corrected chi connectivity index (χ1v) is 10.5. The van der Waals surface area contributed by atoms with Crippen LogP contribution in [0.1, 0.15) is 22.7 Å². The summed E-state index contributed by atoms with van der Waals surface area (Å²) in [5, 5.41) is 11.8. The van der Waals surface area contributed by atoms with E-state index in [1.54, 1.807) is 24.3 Å². The Morgan fingerprint density at radius 1 is 0.943 bits per heavy atom. The summed E-state index contributed by atoms with van der Waals surface area (Å²) in [4.78, 5) is 30.0. The zero-order valence-electron chi connectivity index (χ0n) is 17.8. The Morgan fingerprint density at radius 3 is 2.40 bits per heavy atom. The van der Waals surface area contributed by atoms with Crippen LogP contribution in [0.25, 0.3) is 16.7 Å². The van der Waals surface area contributed by atoms with Gasteiger partial charge in [-0.2, -0.15) is 13.2 Å². The minimum atomic E-state index is -4.71. The third-order valence-corrected chi connectivity index (χ3v) is 5.94. The van der Waals surface area contributed by atoms with E-state index in [4.69, 9.17) is 0 Å². The van der Waals surface area contributed by atoms with Crippen molar-refractivity contribution in [2.24, 2.45) is 0 Å². The number of anilines is 1. The van der Waals surface area contributed by atoms with Gasteiger partial charge in [-0.15, -0.1) is 0 Å². The van der Waals surface area contributed by atoms with Crippen LogP contribution in [0.15, 0.2) is 84.6 Å². The molecular formula is C26H16F4N2O3. The lowest BCUT2D eigenvalue weighted by molar-refractivity contribution is -0.137. The van der Waals surface area contributed by atoms with E-state index >= 15 is 0 Å². The van der Waals surface area contributed by atoms with Gasteiger partial charge < -0.3 is 10.1 Å². The van der Waals surface area contributed by atoms with Crippen molar-refractivity contribution in [3.8, 4) is 0 Å². The summed E-state index contributed by atoms with van der Waals surface area (Å²) in [6.45, 7) is 0. The van der Waals surface area contributed by atoms with Crippen molar-refractivity contribution in [3.05, 3.63) is 107 Å². The van der Waals surface area contributed by atoms with E-state index in [2.05, 4.69) is 4.98 Å². The number of fused-ring (bicyclic) bond motifs is 1. The standard InChI is InChI=1S/C26H16F4N2O3/c27-19-10-3-1-9-17(19)22-21(23(33)18-13-31-20-11-4-2-8-16(18)20)24(34)25(35)32(22)15-7-5-6-14(12-15)26(28,29)30/h1-13,22,31,33H/b23-21+. The van der Waals surface area contributed by atoms with Gasteiger partial charge in [0.05, 0.1) is 17.2 Å². The first-order chi connectivity index (χ1) is 16.7. The molecule has 9 heteroatoms. The number of benzene rings is 3. The summed E-state index contributed by atoms with van der Waals surface area (Å²) < 4.78 is 55.1. The monoisotopic (exact) mass is 480 g/mol. The van der Waals surface area contributed by atoms with Crippen LogP contribution in [-0.2, 0) is 15.8 Å². The van der Waals surface area contributed by atoms with Crippen LogP contribution < -0.4 is 4.90 Å². The fraction of sp³-hybridized carbons (Fsp3) is 0.0769. The number of carbonyl (C=O) groups is 2. The molecule has 5 nitrogen and oxygen atoms in total. The van der Waals surface area contributed by atoms with E-state index < -0.39 is 46.6 Å². The summed E-state index contributed by atoms with van der Waals surface area (Å²) in [5.74, 6) is -3.68. The van der Waals surface area contributed by atoms with E-state index in [-0.39, 0.29) is 16.8 Å². The number of carbonyl (C=O) groups excluding carboxylic acids is 2. The van der Waals surface area contributed by atoms with Gasteiger partial charge in [0, 0.05) is 33.9 Å². The molecule has 0 saturated carbocycles. The highest BCUT2D eigenvalue weighted by atomic mass is 19.4. The molecule has 176 valence electrons. The lowest BCUT2D eigenvalue weighted by Crippen LogP contribution is -2.30. The molecule has 1 amide bonds. The van der Waals surface area contributed by atoms with Crippen LogP contribution in [-0.4, -0.2) is 21.8 Å². The quantitative estimate of drug-likeness (QED) is 0.165. The van der Waals surface area contributed by atoms with Gasteiger partial charge in [0.15, 0.2) is 0 Å². The normalized spacial score (nSPS) is 17.9. The van der Waals surface area contributed by atoms with Crippen molar-refractivity contribution in [2.75, 3.05) is 4.90 Å². The number of ketones is 1. The van der Waals surface area contributed by atoms with Crippen LogP contribution in [0.4, 0.5) is 23.2 Å². The summed E-state index contributed by atoms with van der Waals surface area (Å²) >= 11 is 0. The van der Waals surface area contributed by atoms with Gasteiger partial charge in [-0.1, -0.05) is 42.5 Å². The number of aromatic amines is 1. The second-order valence-corrected chi connectivity index (χ2v) is 7.99. The van der Waals surface area contributed by atoms with Crippen LogP contribution in [0.5, 0.6) is 0 Å². The van der Waals surface area contributed by atoms with E-state index in [0.717, 1.165) is 23.1 Å². The highest BCUT2D eigenvalue weighted by Crippen LogP contribution is 2.44. The molecule has 4 aromatic rings. The largest absolute Gasteiger partial charge is 0.507 e. The fourth-order valence-electron chi connectivity index (χ4n) is 4.33. The Balaban J connectivity index is 1.77. The summed E-state index contributed by atoms with van der Waals surface area (Å²) in [6, 6.07) is 14.5. The first kappa shape index (κ1) is 22.4. The van der Waals surface area contributed by atoms with Gasteiger partial charge >= 0.3 is 6.18 Å². The molecule has 1 aromatic heterocycles. The number of halogens is 4. The topological polar surface area (TPSA) is 73.4 Å². The molecule has 1 aliphatic heterocycles. The van der Waals surface area contributed by atoms with E-state index in [9.17, 15) is 32.3 Å². The fourth-order valence-corrected chi connectivity index (χ4v) is 4.33. The zero-order valence-corrected chi connectivity index (χ0v) is 17.8. The number of para-hydroxylation sites is 1. The minimum absolute atomic E-state index is 0.148. The molecule has 0 aliphatic carbocycles. The number of nitrogens with zero attached hydrogens (tertiary/aromatic N) is 1. The predicted octanol–water partition coefficient (Wildman–Crippen LogP) is 5.95. The Hall–Kier alpha value is -4.40. The number of aromatic nitrogens is 1.